The molecular formula is C16H22N4O. The van der Waals surface area contributed by atoms with Gasteiger partial charge >= 0.3 is 0 Å². The van der Waals surface area contributed by atoms with Gasteiger partial charge in [-0.25, -0.2) is 4.98 Å². The molecule has 1 unspecified atom stereocenters. The average molecular weight is 286 g/mol. The predicted molar refractivity (Wildman–Crippen MR) is 82.4 cm³/mol. The Labute approximate surface area is 125 Å². The van der Waals surface area contributed by atoms with Crippen molar-refractivity contribution in [1.29, 1.82) is 0 Å². The number of hydrogen-bond donors (Lipinski definition) is 2. The zero-order valence-corrected chi connectivity index (χ0v) is 12.4. The van der Waals surface area contributed by atoms with Crippen molar-refractivity contribution in [2.45, 2.75) is 32.4 Å². The Kier molecular flexibility index (Phi) is 4.75. The summed E-state index contributed by atoms with van der Waals surface area (Å²) in [5.41, 5.74) is 13.8. The molecule has 1 amide bonds. The van der Waals surface area contributed by atoms with Crippen LogP contribution in [-0.2, 0) is 11.2 Å². The fourth-order valence-electron chi connectivity index (χ4n) is 2.59. The molecule has 2 aromatic rings. The van der Waals surface area contributed by atoms with Gasteiger partial charge in [-0.2, -0.15) is 0 Å². The lowest BCUT2D eigenvalue weighted by molar-refractivity contribution is -0.122. The number of amides is 1. The van der Waals surface area contributed by atoms with Crippen LogP contribution in [0, 0.1) is 5.92 Å². The fraction of sp³-hybridized carbons (Fsp3) is 0.375. The maximum Gasteiger partial charge on any atom is 0.240 e. The number of carbonyl (C=O) groups excluding carboxylic acids is 1. The lowest BCUT2D eigenvalue weighted by atomic mass is 10.0. The first-order valence-corrected chi connectivity index (χ1v) is 7.11. The summed E-state index contributed by atoms with van der Waals surface area (Å²) in [6, 6.07) is 9.36. The van der Waals surface area contributed by atoms with E-state index in [2.05, 4.69) is 4.98 Å². The van der Waals surface area contributed by atoms with E-state index in [-0.39, 0.29) is 17.9 Å². The third-order valence-corrected chi connectivity index (χ3v) is 3.60. The molecule has 21 heavy (non-hydrogen) atoms. The molecule has 0 radical (unpaired) electrons. The van der Waals surface area contributed by atoms with E-state index in [1.165, 1.54) is 0 Å². The summed E-state index contributed by atoms with van der Waals surface area (Å²) in [6.45, 7) is 3.92. The van der Waals surface area contributed by atoms with E-state index < -0.39 is 6.04 Å². The van der Waals surface area contributed by atoms with Gasteiger partial charge in [0, 0.05) is 6.20 Å². The Bertz CT molecular complexity index is 591. The highest BCUT2D eigenvalue weighted by Gasteiger charge is 2.25. The zero-order chi connectivity index (χ0) is 15.4. The molecule has 1 aromatic carbocycles. The number of nitrogens with zero attached hydrogens (tertiary/aromatic N) is 2. The van der Waals surface area contributed by atoms with E-state index in [1.807, 2.05) is 44.2 Å². The number of carbonyl (C=O) groups is 1. The molecule has 1 heterocycles. The molecule has 4 N–H and O–H groups in total. The Morgan fingerprint density at radius 3 is 2.52 bits per heavy atom. The Balaban J connectivity index is 2.25. The van der Waals surface area contributed by atoms with Crippen molar-refractivity contribution >= 4 is 5.91 Å². The van der Waals surface area contributed by atoms with Crippen molar-refractivity contribution in [3.63, 3.8) is 0 Å². The van der Waals surface area contributed by atoms with E-state index in [9.17, 15) is 4.79 Å². The van der Waals surface area contributed by atoms with E-state index >= 15 is 0 Å². The Morgan fingerprint density at radius 2 is 1.95 bits per heavy atom. The number of hydrogen-bond acceptors (Lipinski definition) is 3. The molecule has 2 atom stereocenters. The molecule has 0 spiro atoms. The molecular weight excluding hydrogens is 264 g/mol. The van der Waals surface area contributed by atoms with Crippen LogP contribution in [0.2, 0.25) is 0 Å². The molecule has 0 aliphatic heterocycles. The number of benzene rings is 1. The molecule has 0 fully saturated rings. The first-order valence-electron chi connectivity index (χ1n) is 7.11. The summed E-state index contributed by atoms with van der Waals surface area (Å²) in [5, 5.41) is 0. The highest BCUT2D eigenvalue weighted by atomic mass is 16.1. The molecule has 0 saturated heterocycles. The third kappa shape index (κ3) is 3.49. The minimum atomic E-state index is -0.427. The van der Waals surface area contributed by atoms with Crippen molar-refractivity contribution in [3.05, 3.63) is 54.1 Å². The summed E-state index contributed by atoms with van der Waals surface area (Å²) in [5.74, 6) is -0.282. The van der Waals surface area contributed by atoms with Gasteiger partial charge in [0.2, 0.25) is 5.91 Å². The van der Waals surface area contributed by atoms with Crippen molar-refractivity contribution in [2.24, 2.45) is 17.4 Å². The molecule has 5 nitrogen and oxygen atoms in total. The topological polar surface area (TPSA) is 86.9 Å². The van der Waals surface area contributed by atoms with Gasteiger partial charge in [0.1, 0.15) is 6.04 Å². The summed E-state index contributed by atoms with van der Waals surface area (Å²) >= 11 is 0. The number of aromatic nitrogens is 2. The minimum absolute atomic E-state index is 0.0828. The second kappa shape index (κ2) is 6.54. The van der Waals surface area contributed by atoms with E-state index in [1.54, 1.807) is 17.1 Å². The standard InChI is InChI=1S/C16H22N4O/c1-11(2)15(16(18)21)20-10-19-9-14(20)13(17)8-12-6-4-3-5-7-12/h3-7,9-11,13,15H,8,17H2,1-2H3,(H2,18,21)/t13-,15?/m1/s1. The second-order valence-corrected chi connectivity index (χ2v) is 5.61. The van der Waals surface area contributed by atoms with Gasteiger partial charge < -0.3 is 16.0 Å². The van der Waals surface area contributed by atoms with Gasteiger partial charge in [-0.05, 0) is 17.9 Å². The minimum Gasteiger partial charge on any atom is -0.368 e. The monoisotopic (exact) mass is 286 g/mol. The number of rotatable bonds is 6. The highest BCUT2D eigenvalue weighted by molar-refractivity contribution is 5.78. The fourth-order valence-corrected chi connectivity index (χ4v) is 2.59. The van der Waals surface area contributed by atoms with Gasteiger partial charge in [-0.15, -0.1) is 0 Å². The van der Waals surface area contributed by atoms with Crippen LogP contribution in [0.5, 0.6) is 0 Å². The first-order chi connectivity index (χ1) is 10.0. The van der Waals surface area contributed by atoms with Gasteiger partial charge in [0.05, 0.1) is 18.1 Å². The summed E-state index contributed by atoms with van der Waals surface area (Å²) in [4.78, 5) is 15.9. The van der Waals surface area contributed by atoms with Crippen LogP contribution in [0.3, 0.4) is 0 Å². The SMILES string of the molecule is CC(C)C(C(N)=O)n1cncc1[C@H](N)Cc1ccccc1. The zero-order valence-electron chi connectivity index (χ0n) is 12.4. The smallest absolute Gasteiger partial charge is 0.240 e. The van der Waals surface area contributed by atoms with Gasteiger partial charge in [-0.1, -0.05) is 44.2 Å². The van der Waals surface area contributed by atoms with Crippen LogP contribution in [0.15, 0.2) is 42.9 Å². The predicted octanol–water partition coefficient (Wildman–Crippen LogP) is 1.81. The number of imidazole rings is 1. The van der Waals surface area contributed by atoms with Crippen molar-refractivity contribution in [3.8, 4) is 0 Å². The Hall–Kier alpha value is -2.14. The summed E-state index contributed by atoms with van der Waals surface area (Å²) < 4.78 is 1.81. The average Bonchev–Trinajstić information content (AvgIpc) is 2.88. The molecule has 0 bridgehead atoms. The number of nitrogens with two attached hydrogens (primary N) is 2. The summed E-state index contributed by atoms with van der Waals surface area (Å²) in [6.07, 6.45) is 4.04. The van der Waals surface area contributed by atoms with Gasteiger partial charge in [0.15, 0.2) is 0 Å². The molecule has 0 aliphatic carbocycles. The van der Waals surface area contributed by atoms with Crippen LogP contribution in [0.1, 0.15) is 37.2 Å². The van der Waals surface area contributed by atoms with E-state index in [4.69, 9.17) is 11.5 Å². The first kappa shape index (κ1) is 15.3. The van der Waals surface area contributed by atoms with Crippen LogP contribution in [0.25, 0.3) is 0 Å². The molecule has 1 aromatic heterocycles. The van der Waals surface area contributed by atoms with Crippen molar-refractivity contribution in [2.75, 3.05) is 0 Å². The van der Waals surface area contributed by atoms with Crippen LogP contribution >= 0.6 is 0 Å². The molecule has 0 aliphatic rings. The second-order valence-electron chi connectivity index (χ2n) is 5.61. The van der Waals surface area contributed by atoms with E-state index in [0.29, 0.717) is 6.42 Å². The van der Waals surface area contributed by atoms with Crippen molar-refractivity contribution in [1.82, 2.24) is 9.55 Å². The van der Waals surface area contributed by atoms with E-state index in [0.717, 1.165) is 11.3 Å². The molecule has 2 rings (SSSR count). The van der Waals surface area contributed by atoms with Crippen LogP contribution < -0.4 is 11.5 Å². The lowest BCUT2D eigenvalue weighted by Crippen LogP contribution is -2.32. The highest BCUT2D eigenvalue weighted by Crippen LogP contribution is 2.24. The molecule has 0 saturated carbocycles. The largest absolute Gasteiger partial charge is 0.368 e. The Morgan fingerprint density at radius 1 is 1.29 bits per heavy atom. The molecule has 112 valence electrons. The maximum atomic E-state index is 11.7. The van der Waals surface area contributed by atoms with Crippen molar-refractivity contribution < 1.29 is 4.79 Å². The number of primary amides is 1. The maximum absolute atomic E-state index is 11.7. The third-order valence-electron chi connectivity index (χ3n) is 3.60. The van der Waals surface area contributed by atoms with Gasteiger partial charge in [-0.3, -0.25) is 4.79 Å². The summed E-state index contributed by atoms with van der Waals surface area (Å²) in [7, 11) is 0. The van der Waals surface area contributed by atoms with Crippen LogP contribution in [0.4, 0.5) is 0 Å². The van der Waals surface area contributed by atoms with Gasteiger partial charge in [0.25, 0.3) is 0 Å². The molecule has 5 heteroatoms. The van der Waals surface area contributed by atoms with Crippen LogP contribution in [-0.4, -0.2) is 15.5 Å². The quantitative estimate of drug-likeness (QED) is 0.849. The normalized spacial score (nSPS) is 14.1. The lowest BCUT2D eigenvalue weighted by Gasteiger charge is -2.23.